The molecule has 1 amide bonds. The molecule has 0 aliphatic rings. The molecule has 2 rings (SSSR count). The molecule has 0 unspecified atom stereocenters. The summed E-state index contributed by atoms with van der Waals surface area (Å²) in [5, 5.41) is 6.01. The highest BCUT2D eigenvalue weighted by Gasteiger charge is 2.15. The summed E-state index contributed by atoms with van der Waals surface area (Å²) in [6, 6.07) is 11.4. The fraction of sp³-hybridized carbons (Fsp3) is 0.294. The Balaban J connectivity index is 1.86. The minimum Gasteiger partial charge on any atom is -0.444 e. The molecule has 1 aromatic carbocycles. The van der Waals surface area contributed by atoms with Crippen LogP contribution in [-0.2, 0) is 11.3 Å². The van der Waals surface area contributed by atoms with Crippen molar-refractivity contribution in [2.75, 3.05) is 10.6 Å². The second kappa shape index (κ2) is 6.93. The highest BCUT2D eigenvalue weighted by molar-refractivity contribution is 5.85. The quantitative estimate of drug-likeness (QED) is 0.894. The standard InChI is InChI=1S/C17H21N3O2/c1-17(2,3)22-16(21)20-15-6-4-14(5-7-15)19-12-13-8-10-18-11-9-13/h4-11,19H,12H2,1-3H3,(H,20,21). The second-order valence-electron chi connectivity index (χ2n) is 5.91. The number of anilines is 2. The molecule has 22 heavy (non-hydrogen) atoms. The monoisotopic (exact) mass is 299 g/mol. The van der Waals surface area contributed by atoms with Gasteiger partial charge >= 0.3 is 6.09 Å². The third-order valence-corrected chi connectivity index (χ3v) is 2.78. The molecule has 2 aromatic rings. The van der Waals surface area contributed by atoms with Crippen LogP contribution >= 0.6 is 0 Å². The van der Waals surface area contributed by atoms with Gasteiger partial charge in [-0.25, -0.2) is 4.79 Å². The Bertz CT molecular complexity index is 604. The van der Waals surface area contributed by atoms with E-state index in [-0.39, 0.29) is 0 Å². The van der Waals surface area contributed by atoms with Gasteiger partial charge in [0, 0.05) is 30.3 Å². The van der Waals surface area contributed by atoms with Crippen molar-refractivity contribution in [2.45, 2.75) is 32.9 Å². The van der Waals surface area contributed by atoms with Crippen LogP contribution in [-0.4, -0.2) is 16.7 Å². The van der Waals surface area contributed by atoms with Crippen LogP contribution in [0, 0.1) is 0 Å². The van der Waals surface area contributed by atoms with Crippen LogP contribution in [0.25, 0.3) is 0 Å². The number of nitrogens with zero attached hydrogens (tertiary/aromatic N) is 1. The van der Waals surface area contributed by atoms with Crippen molar-refractivity contribution in [3.8, 4) is 0 Å². The average Bonchev–Trinajstić information content (AvgIpc) is 2.45. The number of aromatic nitrogens is 1. The first kappa shape index (κ1) is 15.8. The van der Waals surface area contributed by atoms with Crippen molar-refractivity contribution in [2.24, 2.45) is 0 Å². The summed E-state index contributed by atoms with van der Waals surface area (Å²) in [5.74, 6) is 0. The smallest absolute Gasteiger partial charge is 0.412 e. The minimum atomic E-state index is -0.504. The van der Waals surface area contributed by atoms with E-state index in [0.29, 0.717) is 5.69 Å². The molecule has 5 nitrogen and oxygen atoms in total. The number of hydrogen-bond donors (Lipinski definition) is 2. The van der Waals surface area contributed by atoms with Gasteiger partial charge < -0.3 is 10.1 Å². The van der Waals surface area contributed by atoms with Crippen molar-refractivity contribution in [1.29, 1.82) is 0 Å². The zero-order valence-corrected chi connectivity index (χ0v) is 13.1. The zero-order valence-electron chi connectivity index (χ0n) is 13.1. The minimum absolute atomic E-state index is 0.454. The van der Waals surface area contributed by atoms with E-state index in [0.717, 1.165) is 17.8 Å². The van der Waals surface area contributed by atoms with Crippen LogP contribution in [0.5, 0.6) is 0 Å². The number of benzene rings is 1. The molecule has 0 aliphatic carbocycles. The van der Waals surface area contributed by atoms with Gasteiger partial charge in [0.25, 0.3) is 0 Å². The molecule has 2 N–H and O–H groups in total. The molecule has 0 bridgehead atoms. The van der Waals surface area contributed by atoms with E-state index in [2.05, 4.69) is 15.6 Å². The zero-order chi connectivity index (χ0) is 16.0. The molecule has 0 atom stereocenters. The number of ether oxygens (including phenoxy) is 1. The molecule has 1 aromatic heterocycles. The molecule has 0 saturated heterocycles. The lowest BCUT2D eigenvalue weighted by Crippen LogP contribution is -2.27. The summed E-state index contributed by atoms with van der Waals surface area (Å²) in [7, 11) is 0. The van der Waals surface area contributed by atoms with Crippen molar-refractivity contribution >= 4 is 17.5 Å². The van der Waals surface area contributed by atoms with Gasteiger partial charge in [-0.2, -0.15) is 0 Å². The van der Waals surface area contributed by atoms with Crippen LogP contribution in [0.15, 0.2) is 48.8 Å². The van der Waals surface area contributed by atoms with Gasteiger partial charge in [0.1, 0.15) is 5.60 Å². The number of carbonyl (C=O) groups is 1. The lowest BCUT2D eigenvalue weighted by molar-refractivity contribution is 0.0636. The lowest BCUT2D eigenvalue weighted by Gasteiger charge is -2.19. The molecule has 5 heteroatoms. The van der Waals surface area contributed by atoms with Crippen LogP contribution in [0.1, 0.15) is 26.3 Å². The van der Waals surface area contributed by atoms with Crippen molar-refractivity contribution in [3.05, 3.63) is 54.4 Å². The first-order chi connectivity index (χ1) is 10.4. The van der Waals surface area contributed by atoms with E-state index in [1.165, 1.54) is 0 Å². The van der Waals surface area contributed by atoms with Crippen LogP contribution in [0.3, 0.4) is 0 Å². The Kier molecular flexibility index (Phi) is 4.99. The number of hydrogen-bond acceptors (Lipinski definition) is 4. The highest BCUT2D eigenvalue weighted by atomic mass is 16.6. The summed E-state index contributed by atoms with van der Waals surface area (Å²) in [5.41, 5.74) is 2.33. The van der Waals surface area contributed by atoms with Crippen molar-refractivity contribution < 1.29 is 9.53 Å². The number of rotatable bonds is 4. The largest absolute Gasteiger partial charge is 0.444 e. The van der Waals surface area contributed by atoms with Crippen LogP contribution in [0.4, 0.5) is 16.2 Å². The fourth-order valence-electron chi connectivity index (χ4n) is 1.80. The predicted molar refractivity (Wildman–Crippen MR) is 87.9 cm³/mol. The van der Waals surface area contributed by atoms with E-state index in [1.54, 1.807) is 12.4 Å². The molecule has 0 fully saturated rings. The Hall–Kier alpha value is -2.56. The SMILES string of the molecule is CC(C)(C)OC(=O)Nc1ccc(NCc2ccncc2)cc1. The van der Waals surface area contributed by atoms with Gasteiger partial charge in [-0.1, -0.05) is 0 Å². The molecule has 0 radical (unpaired) electrons. The number of amides is 1. The molecule has 0 spiro atoms. The van der Waals surface area contributed by atoms with Gasteiger partial charge in [0.15, 0.2) is 0 Å². The summed E-state index contributed by atoms with van der Waals surface area (Å²) in [6.07, 6.45) is 3.08. The van der Waals surface area contributed by atoms with Gasteiger partial charge in [-0.05, 0) is 62.7 Å². The molecule has 0 aliphatic heterocycles. The highest BCUT2D eigenvalue weighted by Crippen LogP contribution is 2.16. The van der Waals surface area contributed by atoms with Gasteiger partial charge in [-0.3, -0.25) is 10.3 Å². The van der Waals surface area contributed by atoms with Crippen LogP contribution in [0.2, 0.25) is 0 Å². The number of nitrogens with one attached hydrogen (secondary N) is 2. The van der Waals surface area contributed by atoms with E-state index in [4.69, 9.17) is 4.74 Å². The number of pyridine rings is 1. The first-order valence-corrected chi connectivity index (χ1v) is 7.15. The summed E-state index contributed by atoms with van der Waals surface area (Å²) >= 11 is 0. The van der Waals surface area contributed by atoms with E-state index >= 15 is 0 Å². The van der Waals surface area contributed by atoms with E-state index in [9.17, 15) is 4.79 Å². The summed E-state index contributed by atoms with van der Waals surface area (Å²) < 4.78 is 5.21. The Morgan fingerprint density at radius 2 is 1.64 bits per heavy atom. The fourth-order valence-corrected chi connectivity index (χ4v) is 1.80. The molecule has 1 heterocycles. The van der Waals surface area contributed by atoms with Crippen molar-refractivity contribution in [3.63, 3.8) is 0 Å². The third-order valence-electron chi connectivity index (χ3n) is 2.78. The van der Waals surface area contributed by atoms with Gasteiger partial charge in [0.05, 0.1) is 0 Å². The van der Waals surface area contributed by atoms with Gasteiger partial charge in [0.2, 0.25) is 0 Å². The maximum atomic E-state index is 11.7. The predicted octanol–water partition coefficient (Wildman–Crippen LogP) is 4.04. The maximum absolute atomic E-state index is 11.7. The average molecular weight is 299 g/mol. The van der Waals surface area contributed by atoms with E-state index in [1.807, 2.05) is 57.2 Å². The normalized spacial score (nSPS) is 10.9. The lowest BCUT2D eigenvalue weighted by atomic mass is 10.2. The Morgan fingerprint density at radius 3 is 2.23 bits per heavy atom. The second-order valence-corrected chi connectivity index (χ2v) is 5.91. The molecule has 116 valence electrons. The number of carbonyl (C=O) groups excluding carboxylic acids is 1. The Labute approximate surface area is 130 Å². The van der Waals surface area contributed by atoms with Crippen molar-refractivity contribution in [1.82, 2.24) is 4.98 Å². The topological polar surface area (TPSA) is 63.2 Å². The Morgan fingerprint density at radius 1 is 1.05 bits per heavy atom. The first-order valence-electron chi connectivity index (χ1n) is 7.15. The molecular weight excluding hydrogens is 278 g/mol. The third kappa shape index (κ3) is 5.44. The molecular formula is C17H21N3O2. The summed E-state index contributed by atoms with van der Waals surface area (Å²) in [4.78, 5) is 15.7. The maximum Gasteiger partial charge on any atom is 0.412 e. The van der Waals surface area contributed by atoms with Gasteiger partial charge in [-0.15, -0.1) is 0 Å². The summed E-state index contributed by atoms with van der Waals surface area (Å²) in [6.45, 7) is 6.22. The van der Waals surface area contributed by atoms with Crippen LogP contribution < -0.4 is 10.6 Å². The molecule has 0 saturated carbocycles. The van der Waals surface area contributed by atoms with E-state index < -0.39 is 11.7 Å².